The van der Waals surface area contributed by atoms with E-state index in [1.54, 1.807) is 30.4 Å². The summed E-state index contributed by atoms with van der Waals surface area (Å²) >= 11 is 6.11. The van der Waals surface area contributed by atoms with Crippen molar-refractivity contribution in [1.29, 1.82) is 5.26 Å². The molecule has 3 N–H and O–H groups in total. The van der Waals surface area contributed by atoms with Crippen LogP contribution in [0.4, 0.5) is 0 Å². The number of hydrogen-bond donors (Lipinski definition) is 3. The van der Waals surface area contributed by atoms with Crippen LogP contribution in [0.25, 0.3) is 0 Å². The molecule has 28 heavy (non-hydrogen) atoms. The molecule has 0 unspecified atom stereocenters. The first kappa shape index (κ1) is 21.9. The van der Waals surface area contributed by atoms with Gasteiger partial charge in [0.15, 0.2) is 6.19 Å². The molecule has 150 valence electrons. The van der Waals surface area contributed by atoms with Gasteiger partial charge in [-0.15, -0.1) is 0 Å². The second-order valence-electron chi connectivity index (χ2n) is 6.82. The highest BCUT2D eigenvalue weighted by Crippen LogP contribution is 2.32. The van der Waals surface area contributed by atoms with E-state index in [9.17, 15) is 5.11 Å². The quantitative estimate of drug-likeness (QED) is 0.310. The van der Waals surface area contributed by atoms with E-state index < -0.39 is 0 Å². The van der Waals surface area contributed by atoms with Crippen LogP contribution in [0.2, 0.25) is 5.02 Å². The van der Waals surface area contributed by atoms with Gasteiger partial charge in [0.05, 0.1) is 5.02 Å². The van der Waals surface area contributed by atoms with Crippen LogP contribution < -0.4 is 15.4 Å². The zero-order valence-corrected chi connectivity index (χ0v) is 17.1. The molecule has 1 saturated carbocycles. The molecule has 1 aromatic rings. The van der Waals surface area contributed by atoms with E-state index in [1.807, 2.05) is 13.1 Å². The minimum atomic E-state index is -0.0116. The molecule has 0 heterocycles. The third-order valence-corrected chi connectivity index (χ3v) is 5.13. The molecular weight excluding hydrogens is 374 g/mol. The maximum Gasteiger partial charge on any atom is 0.181 e. The van der Waals surface area contributed by atoms with Crippen molar-refractivity contribution in [3.63, 3.8) is 0 Å². The Balaban J connectivity index is 2.10. The van der Waals surface area contributed by atoms with Crippen molar-refractivity contribution in [2.24, 2.45) is 0 Å². The topological polar surface area (TPSA) is 77.3 Å². The fourth-order valence-electron chi connectivity index (χ4n) is 3.19. The molecular formula is C22H28ClN3O2. The van der Waals surface area contributed by atoms with Crippen molar-refractivity contribution < 1.29 is 9.84 Å². The highest BCUT2D eigenvalue weighted by molar-refractivity contribution is 6.32. The summed E-state index contributed by atoms with van der Waals surface area (Å²) < 4.78 is 5.95. The molecule has 0 radical (unpaired) electrons. The Bertz CT molecular complexity index is 775. The molecule has 0 aliphatic heterocycles. The number of allylic oxidation sites excluding steroid dienone is 2. The van der Waals surface area contributed by atoms with Gasteiger partial charge in [-0.05, 0) is 37.5 Å². The molecule has 0 atom stereocenters. The minimum absolute atomic E-state index is 0.0116. The summed E-state index contributed by atoms with van der Waals surface area (Å²) in [6.45, 7) is 6.52. The van der Waals surface area contributed by atoms with Crippen LogP contribution in [0.1, 0.15) is 44.6 Å². The number of nitrogens with zero attached hydrogens (tertiary/aromatic N) is 1. The lowest BCUT2D eigenvalue weighted by Crippen LogP contribution is -2.30. The van der Waals surface area contributed by atoms with Gasteiger partial charge in [-0.25, -0.2) is 0 Å². The fraction of sp³-hybridized carbons (Fsp3) is 0.409. The van der Waals surface area contributed by atoms with Gasteiger partial charge in [-0.2, -0.15) is 5.26 Å². The number of halogens is 1. The standard InChI is InChI=1S/C22H28ClN3O2/c1-3-16(10-18(4-2)26-15-24)14-28-22-12-21(27)20(23)11-17(22)13-25-19-8-6-5-7-9-19/h3-4,10-12,19,25-27H,1,5-9,13-14H2,2H3/b16-10+,18-4+. The maximum absolute atomic E-state index is 10.00. The number of rotatable bonds is 9. The molecule has 2 rings (SSSR count). The summed E-state index contributed by atoms with van der Waals surface area (Å²) in [7, 11) is 0. The number of phenolic OH excluding ortho intramolecular Hbond substituents is 1. The summed E-state index contributed by atoms with van der Waals surface area (Å²) in [5.41, 5.74) is 2.37. The van der Waals surface area contributed by atoms with Gasteiger partial charge < -0.3 is 15.2 Å². The van der Waals surface area contributed by atoms with Gasteiger partial charge in [0.1, 0.15) is 18.1 Å². The predicted octanol–water partition coefficient (Wildman–Crippen LogP) is 4.93. The number of hydrogen-bond acceptors (Lipinski definition) is 5. The lowest BCUT2D eigenvalue weighted by molar-refractivity contribution is 0.340. The summed E-state index contributed by atoms with van der Waals surface area (Å²) in [6, 6.07) is 3.80. The molecule has 0 bridgehead atoms. The zero-order chi connectivity index (χ0) is 20.4. The van der Waals surface area contributed by atoms with Gasteiger partial charge in [-0.3, -0.25) is 5.32 Å². The van der Waals surface area contributed by atoms with Gasteiger partial charge >= 0.3 is 0 Å². The summed E-state index contributed by atoms with van der Waals surface area (Å²) in [4.78, 5) is 0. The van der Waals surface area contributed by atoms with Crippen LogP contribution in [0.3, 0.4) is 0 Å². The average Bonchev–Trinajstić information content (AvgIpc) is 2.72. The molecule has 1 fully saturated rings. The zero-order valence-electron chi connectivity index (χ0n) is 16.3. The largest absolute Gasteiger partial charge is 0.506 e. The number of phenols is 1. The molecule has 6 heteroatoms. The maximum atomic E-state index is 10.00. The average molecular weight is 402 g/mol. The van der Waals surface area contributed by atoms with Crippen LogP contribution in [0.15, 0.2) is 48.2 Å². The van der Waals surface area contributed by atoms with Crippen molar-refractivity contribution in [2.75, 3.05) is 6.61 Å². The Morgan fingerprint density at radius 2 is 2.14 bits per heavy atom. The Kier molecular flexibility index (Phi) is 8.93. The second-order valence-corrected chi connectivity index (χ2v) is 7.23. The number of benzene rings is 1. The molecule has 0 saturated heterocycles. The van der Waals surface area contributed by atoms with Crippen LogP contribution in [-0.2, 0) is 6.54 Å². The molecule has 0 aromatic heterocycles. The molecule has 0 spiro atoms. The van der Waals surface area contributed by atoms with E-state index in [1.165, 1.54) is 32.1 Å². The van der Waals surface area contributed by atoms with E-state index in [0.717, 1.165) is 11.1 Å². The van der Waals surface area contributed by atoms with Crippen molar-refractivity contribution in [3.05, 3.63) is 58.8 Å². The lowest BCUT2D eigenvalue weighted by atomic mass is 9.95. The molecule has 0 amide bonds. The van der Waals surface area contributed by atoms with Crippen LogP contribution in [0, 0.1) is 11.5 Å². The van der Waals surface area contributed by atoms with Crippen molar-refractivity contribution in [2.45, 2.75) is 51.6 Å². The van der Waals surface area contributed by atoms with E-state index in [-0.39, 0.29) is 12.4 Å². The highest BCUT2D eigenvalue weighted by Gasteiger charge is 2.15. The van der Waals surface area contributed by atoms with Crippen LogP contribution >= 0.6 is 11.6 Å². The Morgan fingerprint density at radius 3 is 2.79 bits per heavy atom. The molecule has 1 aromatic carbocycles. The SMILES string of the molecule is C=C/C(=C\C(=C/C)NC#N)COc1cc(O)c(Cl)cc1CNC1CCCCC1. The van der Waals surface area contributed by atoms with Gasteiger partial charge in [0.25, 0.3) is 0 Å². The molecule has 1 aliphatic rings. The first-order chi connectivity index (χ1) is 13.6. The van der Waals surface area contributed by atoms with E-state index in [2.05, 4.69) is 17.2 Å². The van der Waals surface area contributed by atoms with Gasteiger partial charge in [0.2, 0.25) is 0 Å². The van der Waals surface area contributed by atoms with Gasteiger partial charge in [0, 0.05) is 29.9 Å². The summed E-state index contributed by atoms with van der Waals surface area (Å²) in [6.07, 6.45) is 13.4. The van der Waals surface area contributed by atoms with Crippen molar-refractivity contribution in [3.8, 4) is 17.7 Å². The number of nitrogens with one attached hydrogen (secondary N) is 2. The number of aromatic hydroxyl groups is 1. The monoisotopic (exact) mass is 401 g/mol. The fourth-order valence-corrected chi connectivity index (χ4v) is 3.38. The molecule has 1 aliphatic carbocycles. The predicted molar refractivity (Wildman–Crippen MR) is 113 cm³/mol. The van der Waals surface area contributed by atoms with E-state index in [4.69, 9.17) is 21.6 Å². The van der Waals surface area contributed by atoms with E-state index in [0.29, 0.717) is 29.1 Å². The van der Waals surface area contributed by atoms with Crippen molar-refractivity contribution in [1.82, 2.24) is 10.6 Å². The Morgan fingerprint density at radius 1 is 1.39 bits per heavy atom. The minimum Gasteiger partial charge on any atom is -0.506 e. The second kappa shape index (κ2) is 11.4. The van der Waals surface area contributed by atoms with Gasteiger partial charge in [-0.1, -0.05) is 49.6 Å². The first-order valence-corrected chi connectivity index (χ1v) is 9.97. The van der Waals surface area contributed by atoms with E-state index >= 15 is 0 Å². The third kappa shape index (κ3) is 6.63. The van der Waals surface area contributed by atoms with Crippen LogP contribution in [0.5, 0.6) is 11.5 Å². The Hall–Kier alpha value is -2.42. The Labute approximate surface area is 172 Å². The summed E-state index contributed by atoms with van der Waals surface area (Å²) in [5.74, 6) is 0.565. The smallest absolute Gasteiger partial charge is 0.181 e. The first-order valence-electron chi connectivity index (χ1n) is 9.59. The summed E-state index contributed by atoms with van der Waals surface area (Å²) in [5, 5.41) is 25.3. The van der Waals surface area contributed by atoms with Crippen LogP contribution in [-0.4, -0.2) is 17.8 Å². The lowest BCUT2D eigenvalue weighted by Gasteiger charge is -2.23. The molecule has 5 nitrogen and oxygen atoms in total. The number of nitriles is 1. The highest BCUT2D eigenvalue weighted by atomic mass is 35.5. The normalized spacial score (nSPS) is 15.8. The third-order valence-electron chi connectivity index (χ3n) is 4.82. The van der Waals surface area contributed by atoms with Crippen molar-refractivity contribution >= 4 is 11.6 Å². The number of ether oxygens (including phenoxy) is 1.